The molecule has 1 saturated heterocycles. The van der Waals surface area contributed by atoms with Crippen LogP contribution in [-0.2, 0) is 10.5 Å². The van der Waals surface area contributed by atoms with Crippen molar-refractivity contribution in [1.29, 1.82) is 0 Å². The average Bonchev–Trinajstić information content (AvgIpc) is 3.21. The predicted molar refractivity (Wildman–Crippen MR) is 111 cm³/mol. The van der Waals surface area contributed by atoms with Gasteiger partial charge in [0.25, 0.3) is 0 Å². The van der Waals surface area contributed by atoms with E-state index in [4.69, 9.17) is 14.5 Å². The molecule has 1 fully saturated rings. The Morgan fingerprint density at radius 3 is 2.54 bits per heavy atom. The highest BCUT2D eigenvalue weighted by Gasteiger charge is 2.48. The molecule has 1 aliphatic rings. The molecule has 2 heterocycles. The molecule has 2 aromatic carbocycles. The zero-order chi connectivity index (χ0) is 19.6. The molecule has 4 rings (SSSR count). The van der Waals surface area contributed by atoms with Gasteiger partial charge in [0.15, 0.2) is 5.72 Å². The molecule has 0 spiro atoms. The van der Waals surface area contributed by atoms with Crippen LogP contribution < -0.4 is 4.74 Å². The van der Waals surface area contributed by atoms with Gasteiger partial charge in [-0.2, -0.15) is 0 Å². The number of nitrogens with zero attached hydrogens (tertiary/aromatic N) is 2. The van der Waals surface area contributed by atoms with Gasteiger partial charge in [-0.3, -0.25) is 9.88 Å². The topological polar surface area (TPSA) is 34.6 Å². The van der Waals surface area contributed by atoms with E-state index in [2.05, 4.69) is 55.1 Å². The van der Waals surface area contributed by atoms with E-state index < -0.39 is 5.72 Å². The summed E-state index contributed by atoms with van der Waals surface area (Å²) in [4.78, 5) is 7.16. The summed E-state index contributed by atoms with van der Waals surface area (Å²) in [5.41, 5.74) is 3.53. The van der Waals surface area contributed by atoms with Crippen LogP contribution in [0.15, 0.2) is 72.9 Å². The molecule has 1 unspecified atom stereocenters. The number of aromatic nitrogens is 1. The quantitative estimate of drug-likeness (QED) is 0.648. The molecule has 0 saturated carbocycles. The Bertz CT molecular complexity index is 942. The normalized spacial score (nSPS) is 19.9. The van der Waals surface area contributed by atoms with Gasteiger partial charge in [0.2, 0.25) is 0 Å². The summed E-state index contributed by atoms with van der Waals surface area (Å²) in [7, 11) is 1.69. The summed E-state index contributed by atoms with van der Waals surface area (Å²) in [6.07, 6.45) is 1.87. The SMILES string of the molecule is COc1cccc(-c2ccnc(C3(c4ccccc4)OCCN3C(C)C)c2)c1. The van der Waals surface area contributed by atoms with E-state index in [-0.39, 0.29) is 0 Å². The number of methoxy groups -OCH3 is 1. The van der Waals surface area contributed by atoms with Crippen molar-refractivity contribution in [3.05, 3.63) is 84.2 Å². The van der Waals surface area contributed by atoms with Crippen LogP contribution in [0, 0.1) is 0 Å². The molecule has 28 heavy (non-hydrogen) atoms. The molecular weight excluding hydrogens is 348 g/mol. The third kappa shape index (κ3) is 3.19. The Kier molecular flexibility index (Phi) is 5.16. The fourth-order valence-electron chi connectivity index (χ4n) is 4.03. The van der Waals surface area contributed by atoms with Crippen molar-refractivity contribution in [1.82, 2.24) is 9.88 Å². The number of hydrogen-bond acceptors (Lipinski definition) is 4. The highest BCUT2D eigenvalue weighted by Crippen LogP contribution is 2.42. The van der Waals surface area contributed by atoms with Gasteiger partial charge >= 0.3 is 0 Å². The summed E-state index contributed by atoms with van der Waals surface area (Å²) in [5.74, 6) is 0.842. The van der Waals surface area contributed by atoms with Gasteiger partial charge in [-0.1, -0.05) is 42.5 Å². The van der Waals surface area contributed by atoms with E-state index in [0.29, 0.717) is 12.6 Å². The molecular formula is C24H26N2O2. The van der Waals surface area contributed by atoms with Crippen LogP contribution in [-0.4, -0.2) is 36.2 Å². The van der Waals surface area contributed by atoms with Crippen molar-refractivity contribution >= 4 is 0 Å². The highest BCUT2D eigenvalue weighted by atomic mass is 16.5. The Balaban J connectivity index is 1.86. The maximum atomic E-state index is 6.46. The van der Waals surface area contributed by atoms with Gasteiger partial charge < -0.3 is 9.47 Å². The van der Waals surface area contributed by atoms with Crippen LogP contribution in [0.25, 0.3) is 11.1 Å². The zero-order valence-electron chi connectivity index (χ0n) is 16.6. The Morgan fingerprint density at radius 1 is 1.00 bits per heavy atom. The average molecular weight is 374 g/mol. The summed E-state index contributed by atoms with van der Waals surface area (Å²) in [5, 5.41) is 0. The second kappa shape index (κ2) is 7.74. The first-order valence-electron chi connectivity index (χ1n) is 9.72. The number of ether oxygens (including phenoxy) is 2. The molecule has 0 radical (unpaired) electrons. The summed E-state index contributed by atoms with van der Waals surface area (Å²) < 4.78 is 11.9. The minimum absolute atomic E-state index is 0.324. The van der Waals surface area contributed by atoms with Gasteiger partial charge in [0, 0.05) is 24.3 Å². The van der Waals surface area contributed by atoms with E-state index in [1.54, 1.807) is 7.11 Å². The van der Waals surface area contributed by atoms with Crippen LogP contribution in [0.5, 0.6) is 5.75 Å². The van der Waals surface area contributed by atoms with Crippen molar-refractivity contribution in [3.63, 3.8) is 0 Å². The third-order valence-electron chi connectivity index (χ3n) is 5.35. The van der Waals surface area contributed by atoms with E-state index in [0.717, 1.165) is 34.7 Å². The first-order chi connectivity index (χ1) is 13.6. The van der Waals surface area contributed by atoms with Gasteiger partial charge in [0.05, 0.1) is 19.4 Å². The molecule has 0 N–H and O–H groups in total. The van der Waals surface area contributed by atoms with Gasteiger partial charge in [-0.05, 0) is 49.2 Å². The molecule has 3 aromatic rings. The monoisotopic (exact) mass is 374 g/mol. The lowest BCUT2D eigenvalue weighted by Gasteiger charge is -2.39. The molecule has 144 valence electrons. The van der Waals surface area contributed by atoms with E-state index in [9.17, 15) is 0 Å². The fraction of sp³-hybridized carbons (Fsp3) is 0.292. The standard InChI is InChI=1S/C24H26N2O2/c1-18(2)26-14-15-28-24(26,21-9-5-4-6-10-21)23-17-20(12-13-25-23)19-8-7-11-22(16-19)27-3/h4-13,16-18H,14-15H2,1-3H3. The molecule has 1 aliphatic heterocycles. The molecule has 0 aliphatic carbocycles. The zero-order valence-corrected chi connectivity index (χ0v) is 16.6. The fourth-order valence-corrected chi connectivity index (χ4v) is 4.03. The van der Waals surface area contributed by atoms with Crippen LogP contribution >= 0.6 is 0 Å². The Labute approximate surface area is 166 Å². The first-order valence-corrected chi connectivity index (χ1v) is 9.72. The smallest absolute Gasteiger partial charge is 0.191 e. The highest BCUT2D eigenvalue weighted by molar-refractivity contribution is 5.65. The summed E-state index contributed by atoms with van der Waals surface area (Å²) >= 11 is 0. The minimum atomic E-state index is -0.676. The second-order valence-corrected chi connectivity index (χ2v) is 7.31. The molecule has 4 nitrogen and oxygen atoms in total. The van der Waals surface area contributed by atoms with E-state index in [1.165, 1.54) is 0 Å². The van der Waals surface area contributed by atoms with Crippen molar-refractivity contribution in [2.45, 2.75) is 25.6 Å². The van der Waals surface area contributed by atoms with Crippen molar-refractivity contribution < 1.29 is 9.47 Å². The number of hydrogen-bond donors (Lipinski definition) is 0. The number of benzene rings is 2. The second-order valence-electron chi connectivity index (χ2n) is 7.31. The van der Waals surface area contributed by atoms with Crippen LogP contribution in [0.3, 0.4) is 0 Å². The van der Waals surface area contributed by atoms with Crippen molar-refractivity contribution in [3.8, 4) is 16.9 Å². The van der Waals surface area contributed by atoms with Crippen LogP contribution in [0.4, 0.5) is 0 Å². The molecule has 0 amide bonds. The molecule has 0 bridgehead atoms. The van der Waals surface area contributed by atoms with E-state index >= 15 is 0 Å². The van der Waals surface area contributed by atoms with Gasteiger partial charge in [-0.15, -0.1) is 0 Å². The third-order valence-corrected chi connectivity index (χ3v) is 5.35. The van der Waals surface area contributed by atoms with Gasteiger partial charge in [-0.25, -0.2) is 0 Å². The molecule has 1 aromatic heterocycles. The largest absolute Gasteiger partial charge is 0.497 e. The molecule has 1 atom stereocenters. The Hall–Kier alpha value is -2.69. The lowest BCUT2D eigenvalue weighted by molar-refractivity contribution is -0.0682. The lowest BCUT2D eigenvalue weighted by atomic mass is 9.94. The minimum Gasteiger partial charge on any atom is -0.497 e. The van der Waals surface area contributed by atoms with Crippen LogP contribution in [0.2, 0.25) is 0 Å². The van der Waals surface area contributed by atoms with E-state index in [1.807, 2.05) is 36.5 Å². The number of pyridine rings is 1. The summed E-state index contributed by atoms with van der Waals surface area (Å²) in [6.45, 7) is 5.96. The van der Waals surface area contributed by atoms with Gasteiger partial charge in [0.1, 0.15) is 5.75 Å². The Morgan fingerprint density at radius 2 is 1.79 bits per heavy atom. The predicted octanol–water partition coefficient (Wildman–Crippen LogP) is 4.70. The first kappa shape index (κ1) is 18.7. The molecule has 4 heteroatoms. The number of rotatable bonds is 5. The van der Waals surface area contributed by atoms with Crippen molar-refractivity contribution in [2.75, 3.05) is 20.3 Å². The summed E-state index contributed by atoms with van der Waals surface area (Å²) in [6, 6.07) is 23.0. The maximum Gasteiger partial charge on any atom is 0.191 e. The maximum absolute atomic E-state index is 6.46. The lowest BCUT2D eigenvalue weighted by Crippen LogP contribution is -2.47. The van der Waals surface area contributed by atoms with Crippen LogP contribution in [0.1, 0.15) is 25.1 Å². The van der Waals surface area contributed by atoms with Crippen molar-refractivity contribution in [2.24, 2.45) is 0 Å².